The van der Waals surface area contributed by atoms with Crippen LogP contribution in [0, 0.1) is 5.82 Å². The van der Waals surface area contributed by atoms with Crippen LogP contribution in [-0.2, 0) is 13.1 Å². The number of imidazole rings is 1. The molecule has 35 heavy (non-hydrogen) atoms. The van der Waals surface area contributed by atoms with E-state index >= 15 is 0 Å². The Bertz CT molecular complexity index is 1240. The third kappa shape index (κ3) is 5.80. The molecule has 0 atom stereocenters. The van der Waals surface area contributed by atoms with Crippen LogP contribution in [0.3, 0.4) is 0 Å². The Morgan fingerprint density at radius 3 is 2.80 bits per heavy atom. The van der Waals surface area contributed by atoms with E-state index in [1.54, 1.807) is 12.3 Å². The number of pyridine rings is 1. The smallest absolute Gasteiger partial charge is 0.171 e. The molecule has 0 spiro atoms. The molecule has 2 aromatic heterocycles. The largest absolute Gasteiger partial charge is 0.494 e. The number of aromatic nitrogens is 2. The number of rotatable bonds is 11. The van der Waals surface area contributed by atoms with Gasteiger partial charge in [-0.25, -0.2) is 21.1 Å². The van der Waals surface area contributed by atoms with Crippen molar-refractivity contribution in [1.82, 2.24) is 19.7 Å². The lowest BCUT2D eigenvalue weighted by Gasteiger charge is -2.19. The zero-order chi connectivity index (χ0) is 24.9. The zero-order valence-electron chi connectivity index (χ0n) is 19.6. The molecular weight excluding hydrogens is 451 g/mol. The van der Waals surface area contributed by atoms with Crippen molar-refractivity contribution in [1.29, 1.82) is 0 Å². The SMILES string of the molecule is COc1ccc(N(N)/C=N\N)c(CNC/C(N)=C/N(N)Cc2cn3cc(C4CC4)ccc3n2)c1F. The molecule has 1 aliphatic carbocycles. The highest BCUT2D eigenvalue weighted by molar-refractivity contribution is 5.79. The number of methoxy groups -OCH3 is 1. The van der Waals surface area contributed by atoms with E-state index in [0.717, 1.165) is 16.4 Å². The van der Waals surface area contributed by atoms with E-state index in [0.29, 0.717) is 23.8 Å². The Kier molecular flexibility index (Phi) is 7.34. The van der Waals surface area contributed by atoms with Crippen LogP contribution < -0.4 is 38.3 Å². The Hall–Kier alpha value is -3.87. The second kappa shape index (κ2) is 10.6. The fraction of sp³-hybridized carbons (Fsp3) is 0.304. The van der Waals surface area contributed by atoms with Gasteiger partial charge in [0.15, 0.2) is 11.6 Å². The van der Waals surface area contributed by atoms with Crippen molar-refractivity contribution >= 4 is 17.7 Å². The van der Waals surface area contributed by atoms with Crippen LogP contribution in [0.4, 0.5) is 10.1 Å². The molecule has 1 aromatic carbocycles. The average Bonchev–Trinajstić information content (AvgIpc) is 3.60. The standard InChI is InChI=1S/C23H31FN10O/c1-35-21-6-5-20(34(28)14-30-26)19(23(21)24)9-29-8-17(25)11-33(27)13-18-12-32-10-16(15-2-3-15)4-7-22(32)31-18/h4-7,10-12,14-15,29H,2-3,8-9,13,25-28H2,1H3/b17-11-,30-14-. The Labute approximate surface area is 202 Å². The van der Waals surface area contributed by atoms with Gasteiger partial charge >= 0.3 is 0 Å². The molecule has 0 bridgehead atoms. The predicted molar refractivity (Wildman–Crippen MR) is 133 cm³/mol. The zero-order valence-corrected chi connectivity index (χ0v) is 19.6. The first-order chi connectivity index (χ1) is 16.9. The summed E-state index contributed by atoms with van der Waals surface area (Å²) in [5.74, 6) is 17.4. The van der Waals surface area contributed by atoms with E-state index in [4.69, 9.17) is 28.0 Å². The molecule has 0 saturated heterocycles. The monoisotopic (exact) mass is 482 g/mol. The summed E-state index contributed by atoms with van der Waals surface area (Å²) in [5, 5.41) is 9.07. The Morgan fingerprint density at radius 1 is 1.29 bits per heavy atom. The molecule has 0 unspecified atom stereocenters. The maximum atomic E-state index is 14.9. The number of hydrogen-bond acceptors (Lipinski definition) is 9. The van der Waals surface area contributed by atoms with Gasteiger partial charge in [0.25, 0.3) is 0 Å². The molecule has 12 heteroatoms. The summed E-state index contributed by atoms with van der Waals surface area (Å²) in [4.78, 5) is 4.62. The number of halogens is 1. The van der Waals surface area contributed by atoms with Crippen molar-refractivity contribution in [2.45, 2.75) is 31.8 Å². The number of fused-ring (bicyclic) bond motifs is 1. The first-order valence-corrected chi connectivity index (χ1v) is 11.2. The van der Waals surface area contributed by atoms with Gasteiger partial charge in [0.1, 0.15) is 12.0 Å². The van der Waals surface area contributed by atoms with Crippen molar-refractivity contribution in [3.8, 4) is 5.75 Å². The molecule has 2 heterocycles. The highest BCUT2D eigenvalue weighted by atomic mass is 19.1. The van der Waals surface area contributed by atoms with Gasteiger partial charge in [0, 0.05) is 42.9 Å². The first kappa shape index (κ1) is 24.3. The molecular formula is C23H31FN10O. The minimum absolute atomic E-state index is 0.0944. The number of hydrazine groups is 2. The molecule has 1 fully saturated rings. The fourth-order valence-corrected chi connectivity index (χ4v) is 3.91. The van der Waals surface area contributed by atoms with Gasteiger partial charge in [0.05, 0.1) is 25.0 Å². The topological polar surface area (TPSA) is 161 Å². The van der Waals surface area contributed by atoms with E-state index < -0.39 is 5.82 Å². The molecule has 3 aromatic rings. The van der Waals surface area contributed by atoms with E-state index in [1.807, 2.05) is 16.7 Å². The van der Waals surface area contributed by atoms with Gasteiger partial charge in [0.2, 0.25) is 0 Å². The number of anilines is 1. The molecule has 0 radical (unpaired) electrons. The second-order valence-electron chi connectivity index (χ2n) is 8.47. The number of ether oxygens (including phenoxy) is 1. The normalized spacial score (nSPS) is 14.1. The van der Waals surface area contributed by atoms with Crippen LogP contribution >= 0.6 is 0 Å². The van der Waals surface area contributed by atoms with E-state index in [1.165, 1.54) is 42.9 Å². The summed E-state index contributed by atoms with van der Waals surface area (Å²) >= 11 is 0. The van der Waals surface area contributed by atoms with Crippen molar-refractivity contribution < 1.29 is 9.13 Å². The number of hydrazone groups is 1. The van der Waals surface area contributed by atoms with Crippen molar-refractivity contribution in [2.24, 2.45) is 28.4 Å². The highest BCUT2D eigenvalue weighted by Gasteiger charge is 2.23. The average molecular weight is 483 g/mol. The summed E-state index contributed by atoms with van der Waals surface area (Å²) in [6.45, 7) is 0.769. The van der Waals surface area contributed by atoms with Crippen LogP contribution in [0.2, 0.25) is 0 Å². The van der Waals surface area contributed by atoms with Gasteiger partial charge in [-0.15, -0.1) is 0 Å². The number of benzene rings is 1. The minimum atomic E-state index is -0.543. The highest BCUT2D eigenvalue weighted by Crippen LogP contribution is 2.39. The van der Waals surface area contributed by atoms with Gasteiger partial charge < -0.3 is 31.0 Å². The quantitative estimate of drug-likeness (QED) is 0.117. The maximum Gasteiger partial charge on any atom is 0.171 e. The van der Waals surface area contributed by atoms with Gasteiger partial charge in [-0.1, -0.05) is 6.07 Å². The molecule has 11 nitrogen and oxygen atoms in total. The van der Waals surface area contributed by atoms with Crippen LogP contribution in [0.1, 0.15) is 35.6 Å². The lowest BCUT2D eigenvalue weighted by atomic mass is 10.1. The third-order valence-electron chi connectivity index (χ3n) is 5.75. The lowest BCUT2D eigenvalue weighted by Crippen LogP contribution is -2.32. The van der Waals surface area contributed by atoms with E-state index in [2.05, 4.69) is 27.7 Å². The number of nitrogens with zero attached hydrogens (tertiary/aromatic N) is 5. The first-order valence-electron chi connectivity index (χ1n) is 11.2. The summed E-state index contributed by atoms with van der Waals surface area (Å²) in [7, 11) is 1.39. The van der Waals surface area contributed by atoms with Crippen molar-refractivity contribution in [3.63, 3.8) is 0 Å². The second-order valence-corrected chi connectivity index (χ2v) is 8.47. The van der Waals surface area contributed by atoms with Gasteiger partial charge in [-0.05, 0) is 42.5 Å². The van der Waals surface area contributed by atoms with Crippen molar-refractivity contribution in [2.75, 3.05) is 18.7 Å². The molecule has 1 saturated carbocycles. The number of nitrogens with one attached hydrogen (secondary N) is 1. The Balaban J connectivity index is 1.37. The predicted octanol–water partition coefficient (Wildman–Crippen LogP) is 1.21. The summed E-state index contributed by atoms with van der Waals surface area (Å²) in [6.07, 6.45) is 9.40. The van der Waals surface area contributed by atoms with Crippen LogP contribution in [0.15, 0.2) is 53.7 Å². The van der Waals surface area contributed by atoms with Gasteiger partial charge in [-0.2, -0.15) is 5.10 Å². The minimum Gasteiger partial charge on any atom is -0.494 e. The molecule has 0 amide bonds. The van der Waals surface area contributed by atoms with Crippen LogP contribution in [0.25, 0.3) is 5.65 Å². The van der Waals surface area contributed by atoms with Gasteiger partial charge in [-0.3, -0.25) is 5.01 Å². The molecule has 9 N–H and O–H groups in total. The van der Waals surface area contributed by atoms with E-state index in [-0.39, 0.29) is 24.4 Å². The summed E-state index contributed by atoms with van der Waals surface area (Å²) < 4.78 is 22.0. The van der Waals surface area contributed by atoms with Crippen molar-refractivity contribution in [3.05, 3.63) is 71.2 Å². The fourth-order valence-electron chi connectivity index (χ4n) is 3.91. The molecule has 186 valence electrons. The summed E-state index contributed by atoms with van der Waals surface area (Å²) in [6, 6.07) is 7.26. The molecule has 1 aliphatic rings. The third-order valence-corrected chi connectivity index (χ3v) is 5.75. The number of hydrogen-bond donors (Lipinski definition) is 5. The summed E-state index contributed by atoms with van der Waals surface area (Å²) in [5.41, 5.74) is 10.3. The number of nitrogens with two attached hydrogens (primary N) is 4. The molecule has 0 aliphatic heterocycles. The van der Waals surface area contributed by atoms with Crippen LogP contribution in [-0.4, -0.2) is 34.4 Å². The maximum absolute atomic E-state index is 14.9. The molecule has 4 rings (SSSR count). The Morgan fingerprint density at radius 2 is 2.09 bits per heavy atom. The lowest BCUT2D eigenvalue weighted by molar-refractivity contribution is 0.377. The van der Waals surface area contributed by atoms with E-state index in [9.17, 15) is 4.39 Å². The van der Waals surface area contributed by atoms with Crippen LogP contribution in [0.5, 0.6) is 5.75 Å².